The zero-order chi connectivity index (χ0) is 12.7. The molecule has 4 heteroatoms. The highest BCUT2D eigenvalue weighted by atomic mass is 15.2. The topological polar surface area (TPSA) is 42.7 Å². The molecule has 0 amide bonds. The van der Waals surface area contributed by atoms with Crippen molar-refractivity contribution in [3.8, 4) is 5.69 Å². The lowest BCUT2D eigenvalue weighted by atomic mass is 10.1. The van der Waals surface area contributed by atoms with E-state index in [0.29, 0.717) is 6.04 Å². The molecule has 1 fully saturated rings. The van der Waals surface area contributed by atoms with Crippen molar-refractivity contribution >= 4 is 16.7 Å². The Labute approximate surface area is 111 Å². The van der Waals surface area contributed by atoms with Crippen LogP contribution in [0.15, 0.2) is 49.1 Å². The number of nitrogens with zero attached hydrogens (tertiary/aromatic N) is 3. The van der Waals surface area contributed by atoms with Crippen molar-refractivity contribution in [2.24, 2.45) is 0 Å². The Bertz CT molecular complexity index is 722. The Hall–Kier alpha value is -2.36. The van der Waals surface area contributed by atoms with Crippen LogP contribution in [0.5, 0.6) is 0 Å². The predicted molar refractivity (Wildman–Crippen MR) is 75.5 cm³/mol. The first-order valence-corrected chi connectivity index (χ1v) is 6.55. The van der Waals surface area contributed by atoms with Gasteiger partial charge in [0, 0.05) is 36.2 Å². The molecule has 4 rings (SSSR count). The summed E-state index contributed by atoms with van der Waals surface area (Å²) in [5, 5.41) is 5.79. The Balaban J connectivity index is 1.87. The molecular formula is C15H14N4. The van der Waals surface area contributed by atoms with Gasteiger partial charge in [-0.05, 0) is 30.4 Å². The van der Waals surface area contributed by atoms with Crippen molar-refractivity contribution in [1.82, 2.24) is 14.5 Å². The second-order valence-electron chi connectivity index (χ2n) is 4.91. The Kier molecular flexibility index (Phi) is 2.27. The number of anilines is 1. The minimum absolute atomic E-state index is 0.592. The lowest BCUT2D eigenvalue weighted by Crippen LogP contribution is -2.07. The third-order valence-electron chi connectivity index (χ3n) is 3.47. The number of aromatic nitrogens is 3. The fourth-order valence-corrected chi connectivity index (χ4v) is 2.32. The quantitative estimate of drug-likeness (QED) is 0.777. The van der Waals surface area contributed by atoms with Crippen LogP contribution in [-0.4, -0.2) is 20.6 Å². The molecule has 0 atom stereocenters. The summed E-state index contributed by atoms with van der Waals surface area (Å²) in [5.74, 6) is 0.916. The van der Waals surface area contributed by atoms with Gasteiger partial charge in [0.25, 0.3) is 0 Å². The second kappa shape index (κ2) is 4.09. The molecule has 0 radical (unpaired) electrons. The minimum Gasteiger partial charge on any atom is -0.353 e. The number of fused-ring (bicyclic) bond motifs is 1. The van der Waals surface area contributed by atoms with Gasteiger partial charge in [-0.1, -0.05) is 12.1 Å². The molecule has 0 spiro atoms. The van der Waals surface area contributed by atoms with Crippen molar-refractivity contribution < 1.29 is 0 Å². The molecule has 1 aliphatic carbocycles. The Morgan fingerprint density at radius 2 is 2.11 bits per heavy atom. The molecule has 19 heavy (non-hydrogen) atoms. The van der Waals surface area contributed by atoms with E-state index in [1.165, 1.54) is 18.2 Å². The Morgan fingerprint density at radius 3 is 3.00 bits per heavy atom. The molecule has 2 heterocycles. The average molecular weight is 250 g/mol. The summed E-state index contributed by atoms with van der Waals surface area (Å²) >= 11 is 0. The fourth-order valence-electron chi connectivity index (χ4n) is 2.32. The second-order valence-corrected chi connectivity index (χ2v) is 4.91. The summed E-state index contributed by atoms with van der Waals surface area (Å²) in [6.45, 7) is 0. The molecule has 94 valence electrons. The van der Waals surface area contributed by atoms with Crippen molar-refractivity contribution in [2.45, 2.75) is 18.9 Å². The normalized spacial score (nSPS) is 14.7. The number of imidazole rings is 1. The van der Waals surface area contributed by atoms with Crippen LogP contribution < -0.4 is 5.32 Å². The molecule has 0 saturated heterocycles. The van der Waals surface area contributed by atoms with E-state index in [2.05, 4.69) is 38.1 Å². The van der Waals surface area contributed by atoms with E-state index in [1.54, 1.807) is 0 Å². The molecule has 1 saturated carbocycles. The summed E-state index contributed by atoms with van der Waals surface area (Å²) in [6, 6.07) is 8.90. The van der Waals surface area contributed by atoms with Crippen LogP contribution in [-0.2, 0) is 0 Å². The van der Waals surface area contributed by atoms with E-state index in [9.17, 15) is 0 Å². The van der Waals surface area contributed by atoms with Gasteiger partial charge in [-0.2, -0.15) is 0 Å². The van der Waals surface area contributed by atoms with Gasteiger partial charge in [0.1, 0.15) is 0 Å². The highest BCUT2D eigenvalue weighted by Gasteiger charge is 2.23. The highest BCUT2D eigenvalue weighted by Crippen LogP contribution is 2.27. The third-order valence-corrected chi connectivity index (χ3v) is 3.47. The number of nitrogens with one attached hydrogen (secondary N) is 1. The molecular weight excluding hydrogens is 236 g/mol. The Morgan fingerprint density at radius 1 is 1.16 bits per heavy atom. The largest absolute Gasteiger partial charge is 0.353 e. The van der Waals surface area contributed by atoms with Gasteiger partial charge in [0.05, 0.1) is 5.69 Å². The molecule has 1 aromatic carbocycles. The predicted octanol–water partition coefficient (Wildman–Crippen LogP) is 2.99. The first-order valence-electron chi connectivity index (χ1n) is 6.55. The maximum atomic E-state index is 4.41. The summed E-state index contributed by atoms with van der Waals surface area (Å²) in [5.41, 5.74) is 1.12. The molecule has 0 aliphatic heterocycles. The number of benzene rings is 1. The van der Waals surface area contributed by atoms with E-state index in [4.69, 9.17) is 0 Å². The fraction of sp³-hybridized carbons (Fsp3) is 0.200. The number of pyridine rings is 1. The summed E-state index contributed by atoms with van der Waals surface area (Å²) < 4.78 is 2.10. The van der Waals surface area contributed by atoms with Crippen LogP contribution in [0.1, 0.15) is 12.8 Å². The smallest absolute Gasteiger partial charge is 0.207 e. The highest BCUT2D eigenvalue weighted by molar-refractivity contribution is 5.89. The van der Waals surface area contributed by atoms with E-state index in [1.807, 2.05) is 30.9 Å². The first-order chi connectivity index (χ1) is 9.42. The van der Waals surface area contributed by atoms with E-state index in [-0.39, 0.29) is 0 Å². The molecule has 2 aromatic heterocycles. The monoisotopic (exact) mass is 250 g/mol. The van der Waals surface area contributed by atoms with Crippen molar-refractivity contribution in [1.29, 1.82) is 0 Å². The molecule has 3 aromatic rings. The van der Waals surface area contributed by atoms with Gasteiger partial charge in [-0.25, -0.2) is 4.98 Å². The average Bonchev–Trinajstić information content (AvgIpc) is 3.15. The summed E-state index contributed by atoms with van der Waals surface area (Å²) in [7, 11) is 0. The van der Waals surface area contributed by atoms with E-state index >= 15 is 0 Å². The zero-order valence-electron chi connectivity index (χ0n) is 10.5. The third kappa shape index (κ3) is 1.85. The van der Waals surface area contributed by atoms with E-state index in [0.717, 1.165) is 17.0 Å². The number of rotatable bonds is 3. The summed E-state index contributed by atoms with van der Waals surface area (Å²) in [6.07, 6.45) is 10.0. The lowest BCUT2D eigenvalue weighted by molar-refractivity contribution is 1.01. The van der Waals surface area contributed by atoms with Crippen LogP contribution in [0.2, 0.25) is 0 Å². The summed E-state index contributed by atoms with van der Waals surface area (Å²) in [4.78, 5) is 8.64. The van der Waals surface area contributed by atoms with Crippen molar-refractivity contribution in [3.05, 3.63) is 49.1 Å². The number of hydrogen-bond donors (Lipinski definition) is 1. The molecule has 1 N–H and O–H groups in total. The number of hydrogen-bond acceptors (Lipinski definition) is 3. The molecule has 1 aliphatic rings. The van der Waals surface area contributed by atoms with Crippen molar-refractivity contribution in [3.63, 3.8) is 0 Å². The molecule has 0 unspecified atom stereocenters. The lowest BCUT2D eigenvalue weighted by Gasteiger charge is -2.11. The van der Waals surface area contributed by atoms with Gasteiger partial charge >= 0.3 is 0 Å². The van der Waals surface area contributed by atoms with Crippen LogP contribution in [0.25, 0.3) is 16.5 Å². The minimum atomic E-state index is 0.592. The van der Waals surface area contributed by atoms with Gasteiger partial charge in [-0.3, -0.25) is 9.55 Å². The van der Waals surface area contributed by atoms with Gasteiger partial charge in [0.2, 0.25) is 5.95 Å². The van der Waals surface area contributed by atoms with Gasteiger partial charge in [-0.15, -0.1) is 0 Å². The van der Waals surface area contributed by atoms with Gasteiger partial charge in [0.15, 0.2) is 0 Å². The standard InChI is InChI=1S/C15H14N4/c1-2-11-6-7-16-10-13(11)14(3-1)19-9-8-17-15(19)18-12-4-5-12/h1-3,6-10,12H,4-5H2,(H,17,18). The van der Waals surface area contributed by atoms with Crippen LogP contribution >= 0.6 is 0 Å². The van der Waals surface area contributed by atoms with Gasteiger partial charge < -0.3 is 5.32 Å². The maximum absolute atomic E-state index is 4.41. The van der Waals surface area contributed by atoms with Crippen molar-refractivity contribution in [2.75, 3.05) is 5.32 Å². The SMILES string of the molecule is c1cc(-n2ccnc2NC2CC2)c2cnccc2c1. The maximum Gasteiger partial charge on any atom is 0.207 e. The first kappa shape index (κ1) is 10.6. The van der Waals surface area contributed by atoms with Crippen LogP contribution in [0.4, 0.5) is 5.95 Å². The van der Waals surface area contributed by atoms with E-state index < -0.39 is 0 Å². The van der Waals surface area contributed by atoms with Crippen LogP contribution in [0, 0.1) is 0 Å². The van der Waals surface area contributed by atoms with Crippen LogP contribution in [0.3, 0.4) is 0 Å². The zero-order valence-corrected chi connectivity index (χ0v) is 10.5. The molecule has 0 bridgehead atoms. The molecule has 4 nitrogen and oxygen atoms in total.